The number of carbonyl (C=O) groups is 2. The van der Waals surface area contributed by atoms with Gasteiger partial charge in [-0.3, -0.25) is 4.79 Å². The van der Waals surface area contributed by atoms with Crippen molar-refractivity contribution in [3.8, 4) is 5.69 Å². The molecule has 1 aliphatic rings. The number of likely N-dealkylation sites (tertiary alicyclic amines) is 1. The van der Waals surface area contributed by atoms with E-state index in [0.717, 1.165) is 12.8 Å². The molecule has 1 amide bonds. The van der Waals surface area contributed by atoms with Crippen LogP contribution in [-0.2, 0) is 0 Å². The predicted molar refractivity (Wildman–Crippen MR) is 120 cm³/mol. The van der Waals surface area contributed by atoms with E-state index in [9.17, 15) is 19.8 Å². The first kappa shape index (κ1) is 22.4. The molecule has 10 heteroatoms. The molecule has 3 atom stereocenters. The summed E-state index contributed by atoms with van der Waals surface area (Å²) in [4.78, 5) is 32.8. The smallest absolute Gasteiger partial charge is 0.339 e. The molecule has 3 N–H and O–H groups in total. The van der Waals surface area contributed by atoms with E-state index in [2.05, 4.69) is 20.5 Å². The average Bonchev–Trinajstić information content (AvgIpc) is 3.34. The van der Waals surface area contributed by atoms with Crippen LogP contribution >= 0.6 is 0 Å². The summed E-state index contributed by atoms with van der Waals surface area (Å²) >= 11 is 0. The van der Waals surface area contributed by atoms with Gasteiger partial charge in [0.1, 0.15) is 11.4 Å². The number of aliphatic hydroxyl groups is 1. The molecule has 1 aliphatic heterocycles. The Balaban J connectivity index is 1.59. The molecule has 1 aromatic carbocycles. The van der Waals surface area contributed by atoms with Gasteiger partial charge in [-0.1, -0.05) is 12.1 Å². The quantitative estimate of drug-likeness (QED) is 0.522. The third-order valence-electron chi connectivity index (χ3n) is 5.90. The minimum Gasteiger partial charge on any atom is -0.478 e. The Labute approximate surface area is 190 Å². The third-order valence-corrected chi connectivity index (χ3v) is 5.90. The largest absolute Gasteiger partial charge is 0.478 e. The van der Waals surface area contributed by atoms with Crippen molar-refractivity contribution in [3.05, 3.63) is 65.6 Å². The lowest BCUT2D eigenvalue weighted by Crippen LogP contribution is -2.50. The number of benzene rings is 1. The first-order valence-corrected chi connectivity index (χ1v) is 10.8. The van der Waals surface area contributed by atoms with Gasteiger partial charge in [0, 0.05) is 24.8 Å². The third kappa shape index (κ3) is 4.56. The molecule has 0 aliphatic carbocycles. The number of aromatic carboxylic acids is 1. The van der Waals surface area contributed by atoms with Crippen LogP contribution in [-0.4, -0.2) is 65.6 Å². The molecule has 1 fully saturated rings. The Kier molecular flexibility index (Phi) is 6.36. The van der Waals surface area contributed by atoms with Crippen LogP contribution in [0.1, 0.15) is 59.1 Å². The molecule has 3 aromatic rings. The monoisotopic (exact) mass is 450 g/mol. The highest BCUT2D eigenvalue weighted by Crippen LogP contribution is 2.27. The molecule has 0 spiro atoms. The van der Waals surface area contributed by atoms with Crippen LogP contribution in [0.5, 0.6) is 0 Å². The molecule has 0 saturated carbocycles. The van der Waals surface area contributed by atoms with Crippen LogP contribution < -0.4 is 5.32 Å². The first-order chi connectivity index (χ1) is 15.9. The zero-order chi connectivity index (χ0) is 23.5. The number of aliphatic hydroxyl groups excluding tert-OH is 1. The highest BCUT2D eigenvalue weighted by atomic mass is 16.4. The number of nitrogens with one attached hydrogen (secondary N) is 1. The SMILES string of the molecule is CC(O)c1ccnc(NC2CCC(C)N(C(=O)c3ccccc3-n3nccn3)C2)c1C(=O)O. The lowest BCUT2D eigenvalue weighted by atomic mass is 9.97. The molecule has 10 nitrogen and oxygen atoms in total. The lowest BCUT2D eigenvalue weighted by molar-refractivity contribution is 0.0618. The number of rotatable bonds is 6. The lowest BCUT2D eigenvalue weighted by Gasteiger charge is -2.39. The van der Waals surface area contributed by atoms with Gasteiger partial charge in [0.25, 0.3) is 5.91 Å². The Bertz CT molecular complexity index is 1150. The van der Waals surface area contributed by atoms with Crippen molar-refractivity contribution in [3.63, 3.8) is 0 Å². The number of pyridine rings is 1. The van der Waals surface area contributed by atoms with Crippen molar-refractivity contribution < 1.29 is 19.8 Å². The fourth-order valence-corrected chi connectivity index (χ4v) is 4.18. The average molecular weight is 450 g/mol. The number of nitrogens with zero attached hydrogens (tertiary/aromatic N) is 5. The van der Waals surface area contributed by atoms with E-state index in [1.807, 2.05) is 13.0 Å². The standard InChI is InChI=1S/C23H26N6O4/c1-14-7-8-16(27-21-20(23(32)33)17(15(2)30)9-10-24-21)13-28(14)22(31)18-5-3-4-6-19(18)29-25-11-12-26-29/h3-6,9-12,14-16,30H,7-8,13H2,1-2H3,(H,24,27)(H,32,33). The summed E-state index contributed by atoms with van der Waals surface area (Å²) in [5.74, 6) is -1.13. The van der Waals surface area contributed by atoms with Gasteiger partial charge in [-0.15, -0.1) is 0 Å². The van der Waals surface area contributed by atoms with Gasteiger partial charge in [-0.25, -0.2) is 9.78 Å². The van der Waals surface area contributed by atoms with Crippen molar-refractivity contribution in [2.24, 2.45) is 0 Å². The molecule has 0 bridgehead atoms. The number of carbonyl (C=O) groups excluding carboxylic acids is 1. The fourth-order valence-electron chi connectivity index (χ4n) is 4.18. The van der Waals surface area contributed by atoms with E-state index >= 15 is 0 Å². The summed E-state index contributed by atoms with van der Waals surface area (Å²) in [6.07, 6.45) is 5.12. The van der Waals surface area contributed by atoms with Gasteiger partial charge >= 0.3 is 5.97 Å². The highest BCUT2D eigenvalue weighted by molar-refractivity contribution is 5.98. The minimum absolute atomic E-state index is 0.00453. The van der Waals surface area contributed by atoms with Crippen LogP contribution in [0, 0.1) is 0 Å². The number of carboxylic acid groups (broad SMARTS) is 1. The van der Waals surface area contributed by atoms with Crippen LogP contribution in [0.15, 0.2) is 48.9 Å². The van der Waals surface area contributed by atoms with Crippen LogP contribution in [0.4, 0.5) is 5.82 Å². The minimum atomic E-state index is -1.17. The van der Waals surface area contributed by atoms with Gasteiger partial charge in [0.2, 0.25) is 0 Å². The van der Waals surface area contributed by atoms with Crippen LogP contribution in [0.2, 0.25) is 0 Å². The Hall–Kier alpha value is -3.79. The zero-order valence-electron chi connectivity index (χ0n) is 18.4. The summed E-state index contributed by atoms with van der Waals surface area (Å²) in [7, 11) is 0. The second-order valence-corrected chi connectivity index (χ2v) is 8.17. The number of aromatic nitrogens is 4. The van der Waals surface area contributed by atoms with Gasteiger partial charge in [-0.05, 0) is 50.5 Å². The molecular weight excluding hydrogens is 424 g/mol. The van der Waals surface area contributed by atoms with Crippen molar-refractivity contribution in [2.75, 3.05) is 11.9 Å². The molecule has 2 aromatic heterocycles. The van der Waals surface area contributed by atoms with Crippen molar-refractivity contribution in [1.29, 1.82) is 0 Å². The number of carboxylic acids is 1. The second-order valence-electron chi connectivity index (χ2n) is 8.17. The number of anilines is 1. The summed E-state index contributed by atoms with van der Waals surface area (Å²) in [6.45, 7) is 3.89. The number of amides is 1. The summed E-state index contributed by atoms with van der Waals surface area (Å²) in [5, 5.41) is 31.2. The Morgan fingerprint density at radius 1 is 1.12 bits per heavy atom. The maximum atomic E-state index is 13.5. The Morgan fingerprint density at radius 2 is 1.85 bits per heavy atom. The maximum absolute atomic E-state index is 13.5. The molecule has 33 heavy (non-hydrogen) atoms. The van der Waals surface area contributed by atoms with E-state index in [-0.39, 0.29) is 34.9 Å². The molecule has 3 heterocycles. The fraction of sp³-hybridized carbons (Fsp3) is 0.348. The molecule has 0 radical (unpaired) electrons. The topological polar surface area (TPSA) is 133 Å². The predicted octanol–water partition coefficient (Wildman–Crippen LogP) is 2.52. The van der Waals surface area contributed by atoms with Crippen LogP contribution in [0.25, 0.3) is 5.69 Å². The maximum Gasteiger partial charge on any atom is 0.339 e. The van der Waals surface area contributed by atoms with Gasteiger partial charge in [-0.2, -0.15) is 15.0 Å². The zero-order valence-corrected chi connectivity index (χ0v) is 18.4. The number of hydrogen-bond donors (Lipinski definition) is 3. The van der Waals surface area contributed by atoms with E-state index < -0.39 is 12.1 Å². The number of para-hydroxylation sites is 1. The van der Waals surface area contributed by atoms with E-state index in [0.29, 0.717) is 17.8 Å². The van der Waals surface area contributed by atoms with Gasteiger partial charge < -0.3 is 20.4 Å². The second kappa shape index (κ2) is 9.37. The highest BCUT2D eigenvalue weighted by Gasteiger charge is 2.32. The molecule has 1 saturated heterocycles. The van der Waals surface area contributed by atoms with Crippen molar-refractivity contribution in [2.45, 2.75) is 44.9 Å². The van der Waals surface area contributed by atoms with Crippen molar-refractivity contribution >= 4 is 17.7 Å². The van der Waals surface area contributed by atoms with E-state index in [1.54, 1.807) is 35.5 Å². The number of piperidine rings is 1. The normalized spacial score (nSPS) is 19.2. The summed E-state index contributed by atoms with van der Waals surface area (Å²) in [5.41, 5.74) is 1.31. The first-order valence-electron chi connectivity index (χ1n) is 10.8. The van der Waals surface area contributed by atoms with Crippen LogP contribution in [0.3, 0.4) is 0 Å². The summed E-state index contributed by atoms with van der Waals surface area (Å²) < 4.78 is 0. The molecule has 3 unspecified atom stereocenters. The molecular formula is C23H26N6O4. The molecule has 172 valence electrons. The van der Waals surface area contributed by atoms with Gasteiger partial charge in [0.05, 0.1) is 29.7 Å². The number of hydrogen-bond acceptors (Lipinski definition) is 7. The van der Waals surface area contributed by atoms with E-state index in [4.69, 9.17) is 0 Å². The summed E-state index contributed by atoms with van der Waals surface area (Å²) in [6, 6.07) is 8.48. The Morgan fingerprint density at radius 3 is 2.55 bits per heavy atom. The van der Waals surface area contributed by atoms with E-state index in [1.165, 1.54) is 24.0 Å². The molecule has 4 rings (SSSR count). The van der Waals surface area contributed by atoms with Crippen molar-refractivity contribution in [1.82, 2.24) is 24.9 Å². The van der Waals surface area contributed by atoms with Gasteiger partial charge in [0.15, 0.2) is 0 Å².